The molecule has 1 aliphatic carbocycles. The smallest absolute Gasteiger partial charge is 0.0143 e. The molecule has 1 atom stereocenters. The maximum Gasteiger partial charge on any atom is 0.0143 e. The summed E-state index contributed by atoms with van der Waals surface area (Å²) in [6.45, 7) is 14.0. The van der Waals surface area contributed by atoms with Gasteiger partial charge in [-0.3, -0.25) is 0 Å². The Bertz CT molecular complexity index is 436. The number of rotatable bonds is 4. The fraction of sp³-hybridized carbons (Fsp3) is 0.667. The Morgan fingerprint density at radius 2 is 1.47 bits per heavy atom. The molecule has 1 nitrogen and oxygen atoms in total. The molecule has 0 radical (unpaired) electrons. The fourth-order valence-corrected chi connectivity index (χ4v) is 4.08. The summed E-state index contributed by atoms with van der Waals surface area (Å²) in [4.78, 5) is 0. The van der Waals surface area contributed by atoms with Gasteiger partial charge in [-0.15, -0.1) is 0 Å². The minimum atomic E-state index is 0.444. The summed E-state index contributed by atoms with van der Waals surface area (Å²) in [5.41, 5.74) is 5.10. The highest BCUT2D eigenvalue weighted by Gasteiger charge is 2.66. The predicted molar refractivity (Wildman–Crippen MR) is 83.5 cm³/mol. The van der Waals surface area contributed by atoms with Crippen LogP contribution in [-0.2, 0) is 6.42 Å². The Morgan fingerprint density at radius 3 is 1.84 bits per heavy atom. The van der Waals surface area contributed by atoms with E-state index in [-0.39, 0.29) is 0 Å². The molecular formula is C18H29N. The summed E-state index contributed by atoms with van der Waals surface area (Å²) in [5.74, 6) is 0.755. The maximum absolute atomic E-state index is 3.56. The first-order valence-corrected chi connectivity index (χ1v) is 7.44. The van der Waals surface area contributed by atoms with Crippen LogP contribution in [-0.4, -0.2) is 13.1 Å². The standard InChI is InChI=1S/C18H29N/c1-12-8-13(2)10-14(9-12)11-15(19-7)16-17(3,4)18(16,5)6/h8-10,15-16,19H,11H2,1-7H3. The first-order chi connectivity index (χ1) is 8.70. The lowest BCUT2D eigenvalue weighted by atomic mass is 9.95. The number of nitrogens with one attached hydrogen (secondary N) is 1. The zero-order chi connectivity index (χ0) is 14.4. The van der Waals surface area contributed by atoms with Gasteiger partial charge in [0, 0.05) is 6.04 Å². The Hall–Kier alpha value is -0.820. The van der Waals surface area contributed by atoms with Gasteiger partial charge in [0.2, 0.25) is 0 Å². The Kier molecular flexibility index (Phi) is 3.55. The summed E-state index contributed by atoms with van der Waals surface area (Å²) in [5, 5.41) is 3.56. The van der Waals surface area contributed by atoms with Crippen molar-refractivity contribution < 1.29 is 0 Å². The number of hydrogen-bond donors (Lipinski definition) is 1. The molecule has 0 amide bonds. The Labute approximate surface area is 118 Å². The van der Waals surface area contributed by atoms with Crippen molar-refractivity contribution in [3.63, 3.8) is 0 Å². The van der Waals surface area contributed by atoms with Crippen LogP contribution in [0.3, 0.4) is 0 Å². The van der Waals surface area contributed by atoms with Gasteiger partial charge < -0.3 is 5.32 Å². The van der Waals surface area contributed by atoms with Gasteiger partial charge in [0.25, 0.3) is 0 Å². The van der Waals surface area contributed by atoms with E-state index in [9.17, 15) is 0 Å². The van der Waals surface area contributed by atoms with Crippen molar-refractivity contribution in [1.29, 1.82) is 0 Å². The van der Waals surface area contributed by atoms with Crippen LogP contribution < -0.4 is 5.32 Å². The number of likely N-dealkylation sites (N-methyl/N-ethyl adjacent to an activating group) is 1. The quantitative estimate of drug-likeness (QED) is 0.858. The van der Waals surface area contributed by atoms with E-state index in [1.165, 1.54) is 16.7 Å². The monoisotopic (exact) mass is 259 g/mol. The number of hydrogen-bond acceptors (Lipinski definition) is 1. The van der Waals surface area contributed by atoms with Crippen molar-refractivity contribution in [2.75, 3.05) is 7.05 Å². The summed E-state index contributed by atoms with van der Waals surface area (Å²) in [7, 11) is 2.11. The summed E-state index contributed by atoms with van der Waals surface area (Å²) in [6, 6.07) is 7.49. The van der Waals surface area contributed by atoms with Crippen molar-refractivity contribution in [3.05, 3.63) is 34.9 Å². The molecule has 1 unspecified atom stereocenters. The molecule has 0 saturated heterocycles. The van der Waals surface area contributed by atoms with Crippen molar-refractivity contribution in [1.82, 2.24) is 5.32 Å². The van der Waals surface area contributed by atoms with Gasteiger partial charge in [-0.1, -0.05) is 57.0 Å². The SMILES string of the molecule is CNC(Cc1cc(C)cc(C)c1)C1C(C)(C)C1(C)C. The minimum Gasteiger partial charge on any atom is -0.316 e. The molecule has 0 bridgehead atoms. The van der Waals surface area contributed by atoms with Crippen LogP contribution in [0.2, 0.25) is 0 Å². The van der Waals surface area contributed by atoms with Crippen molar-refractivity contribution >= 4 is 0 Å². The van der Waals surface area contributed by atoms with Crippen LogP contribution in [0.25, 0.3) is 0 Å². The molecule has 1 aliphatic rings. The molecule has 0 spiro atoms. The molecular weight excluding hydrogens is 230 g/mol. The predicted octanol–water partition coefficient (Wildman–Crippen LogP) is 4.12. The Morgan fingerprint density at radius 1 is 1.00 bits per heavy atom. The second-order valence-corrected chi connectivity index (χ2v) is 7.52. The topological polar surface area (TPSA) is 12.0 Å². The molecule has 1 fully saturated rings. The average molecular weight is 259 g/mol. The van der Waals surface area contributed by atoms with Crippen molar-refractivity contribution in [2.45, 2.75) is 54.0 Å². The van der Waals surface area contributed by atoms with E-state index in [1.54, 1.807) is 0 Å². The fourth-order valence-electron chi connectivity index (χ4n) is 4.08. The van der Waals surface area contributed by atoms with Crippen LogP contribution in [0.4, 0.5) is 0 Å². The second kappa shape index (κ2) is 4.63. The van der Waals surface area contributed by atoms with Crippen LogP contribution in [0.1, 0.15) is 44.4 Å². The Balaban J connectivity index is 2.17. The number of aryl methyl sites for hydroxylation is 2. The van der Waals surface area contributed by atoms with E-state index >= 15 is 0 Å². The largest absolute Gasteiger partial charge is 0.316 e. The van der Waals surface area contributed by atoms with Gasteiger partial charge >= 0.3 is 0 Å². The van der Waals surface area contributed by atoms with Crippen molar-refractivity contribution in [3.8, 4) is 0 Å². The zero-order valence-corrected chi connectivity index (χ0v) is 13.6. The molecule has 106 valence electrons. The average Bonchev–Trinajstić information content (AvgIpc) is 2.65. The van der Waals surface area contributed by atoms with Crippen molar-refractivity contribution in [2.24, 2.45) is 16.7 Å². The van der Waals surface area contributed by atoms with E-state index in [0.717, 1.165) is 12.3 Å². The van der Waals surface area contributed by atoms with E-state index < -0.39 is 0 Å². The highest BCUT2D eigenvalue weighted by molar-refractivity contribution is 5.30. The minimum absolute atomic E-state index is 0.444. The lowest BCUT2D eigenvalue weighted by Crippen LogP contribution is -2.32. The van der Waals surface area contributed by atoms with E-state index in [2.05, 4.69) is 72.1 Å². The maximum atomic E-state index is 3.56. The lowest BCUT2D eigenvalue weighted by molar-refractivity contribution is 0.421. The van der Waals surface area contributed by atoms with Gasteiger partial charge in [-0.2, -0.15) is 0 Å². The highest BCUT2D eigenvalue weighted by Crippen LogP contribution is 2.69. The zero-order valence-electron chi connectivity index (χ0n) is 13.6. The highest BCUT2D eigenvalue weighted by atomic mass is 14.9. The second-order valence-electron chi connectivity index (χ2n) is 7.52. The van der Waals surface area contributed by atoms with Gasteiger partial charge in [-0.25, -0.2) is 0 Å². The first-order valence-electron chi connectivity index (χ1n) is 7.44. The van der Waals surface area contributed by atoms with Crippen LogP contribution in [0, 0.1) is 30.6 Å². The molecule has 0 aromatic heterocycles. The molecule has 2 rings (SSSR count). The molecule has 1 aromatic rings. The van der Waals surface area contributed by atoms with Gasteiger partial charge in [0.15, 0.2) is 0 Å². The molecule has 1 aromatic carbocycles. The van der Waals surface area contributed by atoms with E-state index in [1.807, 2.05) is 0 Å². The molecule has 1 heteroatoms. The normalized spacial score (nSPS) is 22.3. The van der Waals surface area contributed by atoms with E-state index in [4.69, 9.17) is 0 Å². The molecule has 1 saturated carbocycles. The van der Waals surface area contributed by atoms with Gasteiger partial charge in [-0.05, 0) is 49.6 Å². The molecule has 1 N–H and O–H groups in total. The summed E-state index contributed by atoms with van der Waals surface area (Å²) >= 11 is 0. The van der Waals surface area contributed by atoms with Crippen LogP contribution >= 0.6 is 0 Å². The number of benzene rings is 1. The van der Waals surface area contributed by atoms with Crippen LogP contribution in [0.5, 0.6) is 0 Å². The third-order valence-corrected chi connectivity index (χ3v) is 5.64. The van der Waals surface area contributed by atoms with Crippen LogP contribution in [0.15, 0.2) is 18.2 Å². The van der Waals surface area contributed by atoms with Gasteiger partial charge in [0.1, 0.15) is 0 Å². The van der Waals surface area contributed by atoms with Gasteiger partial charge in [0.05, 0.1) is 0 Å². The third-order valence-electron chi connectivity index (χ3n) is 5.64. The lowest BCUT2D eigenvalue weighted by Gasteiger charge is -2.19. The molecule has 0 aliphatic heterocycles. The first kappa shape index (κ1) is 14.6. The summed E-state index contributed by atoms with van der Waals surface area (Å²) in [6.07, 6.45) is 1.14. The summed E-state index contributed by atoms with van der Waals surface area (Å²) < 4.78 is 0. The third kappa shape index (κ3) is 2.45. The molecule has 19 heavy (non-hydrogen) atoms. The molecule has 0 heterocycles. The van der Waals surface area contributed by atoms with E-state index in [0.29, 0.717) is 16.9 Å².